The molecule has 118 valence electrons. The molecule has 24 heavy (non-hydrogen) atoms. The first-order chi connectivity index (χ1) is 11.7. The van der Waals surface area contributed by atoms with Crippen molar-refractivity contribution < 1.29 is 14.4 Å². The maximum atomic E-state index is 12.2. The van der Waals surface area contributed by atoms with Gasteiger partial charge in [0, 0.05) is 18.7 Å². The number of hydrogen-bond donors (Lipinski definition) is 0. The molecular weight excluding hydrogens is 304 g/mol. The topological polar surface area (TPSA) is 70.4 Å². The van der Waals surface area contributed by atoms with Crippen LogP contribution < -0.4 is 0 Å². The van der Waals surface area contributed by atoms with Crippen molar-refractivity contribution in [2.75, 3.05) is 0 Å². The number of rotatable bonds is 3. The number of allylic oxidation sites excluding steroid dienone is 1. The van der Waals surface area contributed by atoms with Gasteiger partial charge in [-0.1, -0.05) is 30.3 Å². The minimum atomic E-state index is -0.492. The Morgan fingerprint density at radius 1 is 1.12 bits per heavy atom. The van der Waals surface area contributed by atoms with E-state index in [4.69, 9.17) is 10.1 Å². The molecule has 2 aromatic carbocycles. The van der Waals surface area contributed by atoms with E-state index in [9.17, 15) is 9.59 Å². The lowest BCUT2D eigenvalue weighted by Crippen LogP contribution is -2.31. The molecule has 0 aromatic heterocycles. The van der Waals surface area contributed by atoms with E-state index in [1.165, 1.54) is 17.3 Å². The van der Waals surface area contributed by atoms with Crippen LogP contribution in [0, 0.1) is 11.3 Å². The monoisotopic (exact) mass is 318 g/mol. The van der Waals surface area contributed by atoms with Gasteiger partial charge in [0.05, 0.1) is 23.2 Å². The molecule has 0 radical (unpaired) electrons. The van der Waals surface area contributed by atoms with Crippen molar-refractivity contribution in [3.05, 3.63) is 83.6 Å². The Bertz CT molecular complexity index is 820. The molecule has 1 atom stereocenters. The fourth-order valence-corrected chi connectivity index (χ4v) is 2.47. The second-order valence-corrected chi connectivity index (χ2v) is 5.34. The minimum absolute atomic E-state index is 0.0450. The quantitative estimate of drug-likeness (QED) is 0.869. The zero-order valence-electron chi connectivity index (χ0n) is 12.8. The van der Waals surface area contributed by atoms with Crippen molar-refractivity contribution in [2.24, 2.45) is 0 Å². The Morgan fingerprint density at radius 2 is 1.83 bits per heavy atom. The summed E-state index contributed by atoms with van der Waals surface area (Å²) in [5.41, 5.74) is 1.76. The van der Waals surface area contributed by atoms with E-state index < -0.39 is 12.0 Å². The van der Waals surface area contributed by atoms with Gasteiger partial charge < -0.3 is 4.84 Å². The molecule has 0 aliphatic carbocycles. The highest BCUT2D eigenvalue weighted by Gasteiger charge is 2.27. The van der Waals surface area contributed by atoms with Crippen LogP contribution in [0.25, 0.3) is 0 Å². The van der Waals surface area contributed by atoms with Crippen LogP contribution in [0.4, 0.5) is 0 Å². The molecule has 5 nitrogen and oxygen atoms in total. The lowest BCUT2D eigenvalue weighted by Gasteiger charge is -2.31. The number of nitriles is 1. The van der Waals surface area contributed by atoms with Gasteiger partial charge in [-0.25, -0.2) is 9.86 Å². The summed E-state index contributed by atoms with van der Waals surface area (Å²) in [5.74, 6) is -0.537. The van der Waals surface area contributed by atoms with E-state index in [0.717, 1.165) is 5.56 Å². The molecule has 0 fully saturated rings. The SMILES string of the molecule is N#Cc1ccc(C2CC(=O)C=CN2OC(=O)c2ccccc2)cc1. The van der Waals surface area contributed by atoms with Gasteiger partial charge >= 0.3 is 5.97 Å². The molecule has 0 saturated carbocycles. The van der Waals surface area contributed by atoms with Crippen LogP contribution in [0.2, 0.25) is 0 Å². The fraction of sp³-hybridized carbons (Fsp3) is 0.105. The van der Waals surface area contributed by atoms with Crippen LogP contribution in [-0.4, -0.2) is 16.8 Å². The Balaban J connectivity index is 1.83. The van der Waals surface area contributed by atoms with Crippen LogP contribution in [-0.2, 0) is 9.63 Å². The molecule has 0 amide bonds. The maximum absolute atomic E-state index is 12.2. The summed E-state index contributed by atoms with van der Waals surface area (Å²) in [6, 6.07) is 17.2. The first kappa shape index (κ1) is 15.5. The van der Waals surface area contributed by atoms with E-state index in [2.05, 4.69) is 6.07 Å². The molecule has 0 N–H and O–H groups in total. The number of benzene rings is 2. The molecule has 2 aromatic rings. The van der Waals surface area contributed by atoms with Crippen molar-refractivity contribution in [3.63, 3.8) is 0 Å². The highest BCUT2D eigenvalue weighted by Crippen LogP contribution is 2.29. The lowest BCUT2D eigenvalue weighted by atomic mass is 9.98. The van der Waals surface area contributed by atoms with Gasteiger partial charge in [0.1, 0.15) is 0 Å². The zero-order chi connectivity index (χ0) is 16.9. The van der Waals surface area contributed by atoms with Gasteiger partial charge in [-0.15, -0.1) is 0 Å². The van der Waals surface area contributed by atoms with Crippen molar-refractivity contribution in [2.45, 2.75) is 12.5 Å². The van der Waals surface area contributed by atoms with Gasteiger partial charge in [-0.3, -0.25) is 4.79 Å². The average molecular weight is 318 g/mol. The van der Waals surface area contributed by atoms with Crippen molar-refractivity contribution in [3.8, 4) is 6.07 Å². The number of carbonyl (C=O) groups is 2. The fourth-order valence-electron chi connectivity index (χ4n) is 2.47. The highest BCUT2D eigenvalue weighted by atomic mass is 16.7. The predicted molar refractivity (Wildman–Crippen MR) is 86.4 cm³/mol. The summed E-state index contributed by atoms with van der Waals surface area (Å²) in [5, 5.41) is 10.3. The number of hydroxylamine groups is 2. The van der Waals surface area contributed by atoms with E-state index in [0.29, 0.717) is 11.1 Å². The van der Waals surface area contributed by atoms with E-state index in [-0.39, 0.29) is 12.2 Å². The molecule has 5 heteroatoms. The Kier molecular flexibility index (Phi) is 4.39. The molecule has 1 aliphatic heterocycles. The molecular formula is C19H14N2O3. The van der Waals surface area contributed by atoms with Crippen molar-refractivity contribution >= 4 is 11.8 Å². The Morgan fingerprint density at radius 3 is 2.50 bits per heavy atom. The number of hydrogen-bond acceptors (Lipinski definition) is 5. The minimum Gasteiger partial charge on any atom is -0.335 e. The summed E-state index contributed by atoms with van der Waals surface area (Å²) in [4.78, 5) is 29.5. The number of nitrogens with zero attached hydrogens (tertiary/aromatic N) is 2. The van der Waals surface area contributed by atoms with Crippen LogP contribution in [0.3, 0.4) is 0 Å². The summed E-state index contributed by atoms with van der Waals surface area (Å²) >= 11 is 0. The van der Waals surface area contributed by atoms with Crippen molar-refractivity contribution in [1.82, 2.24) is 5.06 Å². The standard InChI is InChI=1S/C19H14N2O3/c20-13-14-6-8-15(9-7-14)18-12-17(22)10-11-21(18)24-19(23)16-4-2-1-3-5-16/h1-11,18H,12H2. The van der Waals surface area contributed by atoms with Gasteiger partial charge in [-0.05, 0) is 29.8 Å². The van der Waals surface area contributed by atoms with E-state index in [1.54, 1.807) is 48.5 Å². The number of carbonyl (C=O) groups excluding carboxylic acids is 2. The molecule has 0 saturated heterocycles. The van der Waals surface area contributed by atoms with Gasteiger partial charge in [0.2, 0.25) is 0 Å². The van der Waals surface area contributed by atoms with Crippen LogP contribution in [0.15, 0.2) is 66.9 Å². The molecule has 0 spiro atoms. The molecule has 0 bridgehead atoms. The Hall–Kier alpha value is -3.39. The lowest BCUT2D eigenvalue weighted by molar-refractivity contribution is -0.130. The molecule has 1 heterocycles. The maximum Gasteiger partial charge on any atom is 0.363 e. The van der Waals surface area contributed by atoms with E-state index >= 15 is 0 Å². The second-order valence-electron chi connectivity index (χ2n) is 5.34. The summed E-state index contributed by atoms with van der Waals surface area (Å²) in [7, 11) is 0. The zero-order valence-corrected chi connectivity index (χ0v) is 12.8. The average Bonchev–Trinajstić information content (AvgIpc) is 2.64. The van der Waals surface area contributed by atoms with Gasteiger partial charge in [-0.2, -0.15) is 5.26 Å². The normalized spacial score (nSPS) is 16.5. The second kappa shape index (κ2) is 6.80. The predicted octanol–water partition coefficient (Wildman–Crippen LogP) is 3.16. The summed E-state index contributed by atoms with van der Waals surface area (Å²) in [6.07, 6.45) is 3.05. The van der Waals surface area contributed by atoms with Crippen LogP contribution >= 0.6 is 0 Å². The third kappa shape index (κ3) is 3.33. The Labute approximate surface area is 139 Å². The van der Waals surface area contributed by atoms with Gasteiger partial charge in [0.15, 0.2) is 5.78 Å². The van der Waals surface area contributed by atoms with Crippen molar-refractivity contribution in [1.29, 1.82) is 5.26 Å². The highest BCUT2D eigenvalue weighted by molar-refractivity contribution is 5.91. The van der Waals surface area contributed by atoms with Crippen LogP contribution in [0.1, 0.15) is 33.9 Å². The number of ketones is 1. The van der Waals surface area contributed by atoms with E-state index in [1.807, 2.05) is 6.07 Å². The largest absolute Gasteiger partial charge is 0.363 e. The summed E-state index contributed by atoms with van der Waals surface area (Å²) < 4.78 is 0. The first-order valence-corrected chi connectivity index (χ1v) is 7.44. The smallest absolute Gasteiger partial charge is 0.335 e. The van der Waals surface area contributed by atoms with Crippen LogP contribution in [0.5, 0.6) is 0 Å². The third-order valence-corrected chi connectivity index (χ3v) is 3.73. The summed E-state index contributed by atoms with van der Waals surface area (Å²) in [6.45, 7) is 0. The third-order valence-electron chi connectivity index (χ3n) is 3.73. The molecule has 1 aliphatic rings. The van der Waals surface area contributed by atoms with Gasteiger partial charge in [0.25, 0.3) is 0 Å². The molecule has 1 unspecified atom stereocenters. The molecule has 3 rings (SSSR count). The first-order valence-electron chi connectivity index (χ1n) is 7.44.